The first-order valence-corrected chi connectivity index (χ1v) is 10.7. The molecule has 1 atom stereocenters. The second-order valence-electron chi connectivity index (χ2n) is 6.20. The summed E-state index contributed by atoms with van der Waals surface area (Å²) in [5, 5.41) is 4.93. The van der Waals surface area contributed by atoms with Crippen LogP contribution in [0.2, 0.25) is 0 Å². The Bertz CT molecular complexity index is 712. The van der Waals surface area contributed by atoms with E-state index in [4.69, 9.17) is 0 Å². The van der Waals surface area contributed by atoms with E-state index in [0.29, 0.717) is 23.8 Å². The van der Waals surface area contributed by atoms with Crippen LogP contribution in [0.4, 0.5) is 5.13 Å². The van der Waals surface area contributed by atoms with Crippen molar-refractivity contribution in [3.8, 4) is 0 Å². The van der Waals surface area contributed by atoms with Crippen LogP contribution in [0.25, 0.3) is 0 Å². The molecule has 1 unspecified atom stereocenters. The van der Waals surface area contributed by atoms with Crippen LogP contribution < -0.4 is 5.32 Å². The van der Waals surface area contributed by atoms with E-state index >= 15 is 0 Å². The molecule has 0 aromatic carbocycles. The van der Waals surface area contributed by atoms with Gasteiger partial charge in [-0.2, -0.15) is 0 Å². The number of anilines is 1. The van der Waals surface area contributed by atoms with Crippen molar-refractivity contribution >= 4 is 38.1 Å². The largest absolute Gasteiger partial charge is 0.339 e. The Hall–Kier alpha value is -1.48. The number of carbonyl (C=O) groups is 2. The van der Waals surface area contributed by atoms with Gasteiger partial charge in [0.2, 0.25) is 11.8 Å². The number of nitrogens with one attached hydrogen (secondary N) is 1. The first kappa shape index (κ1) is 18.9. The summed E-state index contributed by atoms with van der Waals surface area (Å²) in [5.74, 6) is -0.206. The Morgan fingerprint density at radius 1 is 1.46 bits per heavy atom. The van der Waals surface area contributed by atoms with E-state index in [9.17, 15) is 18.0 Å². The molecule has 1 N–H and O–H groups in total. The highest BCUT2D eigenvalue weighted by atomic mass is 32.2. The minimum atomic E-state index is -3.03. The maximum absolute atomic E-state index is 12.5. The minimum Gasteiger partial charge on any atom is -0.339 e. The van der Waals surface area contributed by atoms with Crippen LogP contribution in [0.5, 0.6) is 0 Å². The quantitative estimate of drug-likeness (QED) is 0.811. The molecule has 1 aliphatic heterocycles. The molecular formula is C15H23N3O4S2. The molecule has 0 saturated carbocycles. The number of aromatic nitrogens is 1. The lowest BCUT2D eigenvalue weighted by Crippen LogP contribution is -2.41. The average molecular weight is 374 g/mol. The van der Waals surface area contributed by atoms with Crippen molar-refractivity contribution in [2.24, 2.45) is 5.92 Å². The first-order chi connectivity index (χ1) is 11.2. The third-order valence-electron chi connectivity index (χ3n) is 3.95. The number of thiazole rings is 1. The molecule has 0 radical (unpaired) electrons. The second kappa shape index (κ2) is 7.60. The minimum absolute atomic E-state index is 0.0410. The van der Waals surface area contributed by atoms with Crippen LogP contribution in [0.3, 0.4) is 0 Å². The fraction of sp³-hybridized carbons (Fsp3) is 0.667. The zero-order valence-corrected chi connectivity index (χ0v) is 15.7. The smallest absolute Gasteiger partial charge is 0.228 e. The molecule has 2 amide bonds. The SMILES string of the molecule is CCN(C(=O)Cc1csc(NC(=O)C(C)C)n1)C1CCS(=O)(=O)C1. The third kappa shape index (κ3) is 4.76. The number of hydrogen-bond acceptors (Lipinski definition) is 6. The monoisotopic (exact) mass is 373 g/mol. The van der Waals surface area contributed by atoms with Crippen LogP contribution in [0.15, 0.2) is 5.38 Å². The predicted molar refractivity (Wildman–Crippen MR) is 93.7 cm³/mol. The number of carbonyl (C=O) groups excluding carboxylic acids is 2. The summed E-state index contributed by atoms with van der Waals surface area (Å²) >= 11 is 1.28. The van der Waals surface area contributed by atoms with Gasteiger partial charge in [-0.25, -0.2) is 13.4 Å². The van der Waals surface area contributed by atoms with Crippen LogP contribution in [0.1, 0.15) is 32.9 Å². The zero-order valence-electron chi connectivity index (χ0n) is 14.1. The Kier molecular flexibility index (Phi) is 5.97. The van der Waals surface area contributed by atoms with Gasteiger partial charge in [-0.1, -0.05) is 13.8 Å². The second-order valence-corrected chi connectivity index (χ2v) is 9.29. The molecule has 2 heterocycles. The van der Waals surface area contributed by atoms with Crippen molar-refractivity contribution < 1.29 is 18.0 Å². The highest BCUT2D eigenvalue weighted by Crippen LogP contribution is 2.20. The summed E-state index contributed by atoms with van der Waals surface area (Å²) in [7, 11) is -3.03. The molecule has 7 nitrogen and oxygen atoms in total. The molecule has 0 spiro atoms. The molecule has 1 aromatic heterocycles. The average Bonchev–Trinajstić information content (AvgIpc) is 3.06. The van der Waals surface area contributed by atoms with Crippen molar-refractivity contribution in [3.63, 3.8) is 0 Å². The fourth-order valence-electron chi connectivity index (χ4n) is 2.61. The molecule has 1 fully saturated rings. The van der Waals surface area contributed by atoms with Gasteiger partial charge in [0.25, 0.3) is 0 Å². The van der Waals surface area contributed by atoms with Crippen LogP contribution in [-0.2, 0) is 25.8 Å². The summed E-state index contributed by atoms with van der Waals surface area (Å²) in [6.45, 7) is 5.91. The molecule has 1 aromatic rings. The highest BCUT2D eigenvalue weighted by Gasteiger charge is 2.33. The molecule has 0 bridgehead atoms. The van der Waals surface area contributed by atoms with Gasteiger partial charge in [-0.05, 0) is 13.3 Å². The van der Waals surface area contributed by atoms with Crippen LogP contribution in [0, 0.1) is 5.92 Å². The Morgan fingerprint density at radius 2 is 2.17 bits per heavy atom. The predicted octanol–water partition coefficient (Wildman–Crippen LogP) is 1.32. The summed E-state index contributed by atoms with van der Waals surface area (Å²) in [4.78, 5) is 30.0. The van der Waals surface area contributed by atoms with Gasteiger partial charge in [-0.3, -0.25) is 9.59 Å². The molecule has 2 rings (SSSR count). The summed E-state index contributed by atoms with van der Waals surface area (Å²) in [5.41, 5.74) is 0.586. The maximum Gasteiger partial charge on any atom is 0.228 e. The van der Waals surface area contributed by atoms with Crippen molar-refractivity contribution in [1.29, 1.82) is 0 Å². The maximum atomic E-state index is 12.5. The van der Waals surface area contributed by atoms with E-state index in [1.165, 1.54) is 11.3 Å². The lowest BCUT2D eigenvalue weighted by Gasteiger charge is -2.26. The van der Waals surface area contributed by atoms with Gasteiger partial charge in [-0.15, -0.1) is 11.3 Å². The zero-order chi connectivity index (χ0) is 17.9. The summed E-state index contributed by atoms with van der Waals surface area (Å²) < 4.78 is 23.2. The lowest BCUT2D eigenvalue weighted by atomic mass is 10.2. The van der Waals surface area contributed by atoms with Crippen molar-refractivity contribution in [2.45, 2.75) is 39.7 Å². The number of amides is 2. The first-order valence-electron chi connectivity index (χ1n) is 7.97. The molecule has 0 aliphatic carbocycles. The van der Waals surface area contributed by atoms with E-state index in [1.54, 1.807) is 24.1 Å². The Balaban J connectivity index is 1.98. The van der Waals surface area contributed by atoms with Crippen molar-refractivity contribution in [3.05, 3.63) is 11.1 Å². The third-order valence-corrected chi connectivity index (χ3v) is 6.51. The molecule has 24 heavy (non-hydrogen) atoms. The van der Waals surface area contributed by atoms with Gasteiger partial charge < -0.3 is 10.2 Å². The van der Waals surface area contributed by atoms with Gasteiger partial charge in [0.15, 0.2) is 15.0 Å². The molecule has 1 aliphatic rings. The number of likely N-dealkylation sites (N-methyl/N-ethyl adjacent to an activating group) is 1. The lowest BCUT2D eigenvalue weighted by molar-refractivity contribution is -0.132. The van der Waals surface area contributed by atoms with E-state index in [2.05, 4.69) is 10.3 Å². The molecular weight excluding hydrogens is 350 g/mol. The Labute approximate surface area is 146 Å². The van der Waals surface area contributed by atoms with Crippen LogP contribution in [-0.4, -0.2) is 54.2 Å². The number of hydrogen-bond donors (Lipinski definition) is 1. The molecule has 134 valence electrons. The van der Waals surface area contributed by atoms with Crippen molar-refractivity contribution in [2.75, 3.05) is 23.4 Å². The number of sulfone groups is 1. The topological polar surface area (TPSA) is 96.4 Å². The molecule has 9 heteroatoms. The van der Waals surface area contributed by atoms with Crippen molar-refractivity contribution in [1.82, 2.24) is 9.88 Å². The van der Waals surface area contributed by atoms with E-state index in [1.807, 2.05) is 6.92 Å². The van der Waals surface area contributed by atoms with Gasteiger partial charge in [0.1, 0.15) is 0 Å². The van der Waals surface area contributed by atoms with E-state index in [0.717, 1.165) is 0 Å². The summed E-state index contributed by atoms with van der Waals surface area (Å²) in [6.07, 6.45) is 0.604. The molecule has 1 saturated heterocycles. The van der Waals surface area contributed by atoms with E-state index < -0.39 is 9.84 Å². The van der Waals surface area contributed by atoms with Gasteiger partial charge >= 0.3 is 0 Å². The standard InChI is InChI=1S/C15H23N3O4S2/c1-4-18(12-5-6-24(21,22)9-12)13(19)7-11-8-23-15(16-11)17-14(20)10(2)3/h8,10,12H,4-7,9H2,1-3H3,(H,16,17,20). The fourth-order valence-corrected chi connectivity index (χ4v) is 5.06. The normalized spacial score (nSPS) is 19.4. The number of rotatable bonds is 6. The Morgan fingerprint density at radius 3 is 2.71 bits per heavy atom. The highest BCUT2D eigenvalue weighted by molar-refractivity contribution is 7.91. The van der Waals surface area contributed by atoms with Gasteiger partial charge in [0.05, 0.1) is 23.6 Å². The van der Waals surface area contributed by atoms with Crippen LogP contribution >= 0.6 is 11.3 Å². The summed E-state index contributed by atoms with van der Waals surface area (Å²) in [6, 6.07) is -0.244. The van der Waals surface area contributed by atoms with Gasteiger partial charge in [0, 0.05) is 23.9 Å². The van der Waals surface area contributed by atoms with E-state index in [-0.39, 0.29) is 41.7 Å². The number of nitrogens with zero attached hydrogens (tertiary/aromatic N) is 2.